The second kappa shape index (κ2) is 6.10. The SMILES string of the molecule is Cc1cc(CC(C)C)nc(C(CO)C(C)C)n1. The summed E-state index contributed by atoms with van der Waals surface area (Å²) in [5.74, 6) is 1.77. The lowest BCUT2D eigenvalue weighted by Crippen LogP contribution is -2.16. The van der Waals surface area contributed by atoms with Crippen LogP contribution in [0, 0.1) is 18.8 Å². The van der Waals surface area contributed by atoms with Gasteiger partial charge in [0.2, 0.25) is 0 Å². The predicted octanol–water partition coefficient (Wildman–Crippen LogP) is 2.72. The summed E-state index contributed by atoms with van der Waals surface area (Å²) < 4.78 is 0. The van der Waals surface area contributed by atoms with Gasteiger partial charge in [-0.25, -0.2) is 9.97 Å². The molecular formula is C14H24N2O. The Balaban J connectivity index is 3.03. The standard InChI is InChI=1S/C14H24N2O/c1-9(2)6-12-7-11(5)15-14(16-12)13(8-17)10(3)4/h7,9-10,13,17H,6,8H2,1-5H3. The highest BCUT2D eigenvalue weighted by atomic mass is 16.3. The molecule has 0 amide bonds. The normalized spacial score (nSPS) is 13.4. The number of aromatic nitrogens is 2. The van der Waals surface area contributed by atoms with Crippen molar-refractivity contribution in [3.8, 4) is 0 Å². The molecule has 0 bridgehead atoms. The van der Waals surface area contributed by atoms with E-state index in [4.69, 9.17) is 0 Å². The fourth-order valence-electron chi connectivity index (χ4n) is 1.94. The van der Waals surface area contributed by atoms with Crippen LogP contribution in [0.25, 0.3) is 0 Å². The molecule has 1 heterocycles. The van der Waals surface area contributed by atoms with Crippen LogP contribution in [0.4, 0.5) is 0 Å². The number of rotatable bonds is 5. The van der Waals surface area contributed by atoms with E-state index in [0.717, 1.165) is 23.6 Å². The summed E-state index contributed by atoms with van der Waals surface area (Å²) >= 11 is 0. The first kappa shape index (κ1) is 14.1. The van der Waals surface area contributed by atoms with Crippen molar-refractivity contribution in [2.24, 2.45) is 11.8 Å². The summed E-state index contributed by atoms with van der Waals surface area (Å²) in [5, 5.41) is 9.43. The van der Waals surface area contributed by atoms with Gasteiger partial charge in [-0.3, -0.25) is 0 Å². The van der Waals surface area contributed by atoms with Crippen molar-refractivity contribution < 1.29 is 5.11 Å². The summed E-state index contributed by atoms with van der Waals surface area (Å²) in [6.07, 6.45) is 0.965. The van der Waals surface area contributed by atoms with E-state index in [1.54, 1.807) is 0 Å². The van der Waals surface area contributed by atoms with E-state index in [1.807, 2.05) is 13.0 Å². The number of aliphatic hydroxyl groups is 1. The zero-order chi connectivity index (χ0) is 13.0. The lowest BCUT2D eigenvalue weighted by molar-refractivity contribution is 0.231. The zero-order valence-electron chi connectivity index (χ0n) is 11.6. The van der Waals surface area contributed by atoms with Gasteiger partial charge in [-0.15, -0.1) is 0 Å². The van der Waals surface area contributed by atoms with Gasteiger partial charge in [0.1, 0.15) is 5.82 Å². The molecule has 96 valence electrons. The van der Waals surface area contributed by atoms with E-state index in [2.05, 4.69) is 37.7 Å². The average Bonchev–Trinajstić information content (AvgIpc) is 2.15. The Bertz CT molecular complexity index is 361. The fraction of sp³-hybridized carbons (Fsp3) is 0.714. The van der Waals surface area contributed by atoms with Crippen molar-refractivity contribution in [3.63, 3.8) is 0 Å². The van der Waals surface area contributed by atoms with E-state index >= 15 is 0 Å². The molecule has 1 aromatic rings. The molecule has 0 radical (unpaired) electrons. The molecule has 17 heavy (non-hydrogen) atoms. The van der Waals surface area contributed by atoms with Crippen LogP contribution in [0.1, 0.15) is 50.8 Å². The molecule has 0 saturated heterocycles. The molecule has 0 aliphatic carbocycles. The zero-order valence-corrected chi connectivity index (χ0v) is 11.6. The Kier molecular flexibility index (Phi) is 5.06. The second-order valence-corrected chi connectivity index (χ2v) is 5.49. The minimum absolute atomic E-state index is 0.0424. The number of aliphatic hydroxyl groups excluding tert-OH is 1. The lowest BCUT2D eigenvalue weighted by atomic mass is 9.95. The van der Waals surface area contributed by atoms with Crippen LogP contribution in [0.5, 0.6) is 0 Å². The largest absolute Gasteiger partial charge is 0.396 e. The molecule has 0 aromatic carbocycles. The minimum atomic E-state index is 0.0424. The van der Waals surface area contributed by atoms with Crippen LogP contribution < -0.4 is 0 Å². The molecule has 0 fully saturated rings. The molecule has 1 aromatic heterocycles. The Morgan fingerprint density at radius 2 is 1.82 bits per heavy atom. The van der Waals surface area contributed by atoms with Gasteiger partial charge in [-0.2, -0.15) is 0 Å². The molecule has 0 aliphatic rings. The molecule has 0 spiro atoms. The van der Waals surface area contributed by atoms with Crippen LogP contribution in [0.2, 0.25) is 0 Å². The Labute approximate surface area is 104 Å². The second-order valence-electron chi connectivity index (χ2n) is 5.49. The topological polar surface area (TPSA) is 46.0 Å². The fourth-order valence-corrected chi connectivity index (χ4v) is 1.94. The molecule has 1 N–H and O–H groups in total. The van der Waals surface area contributed by atoms with Crippen LogP contribution in [0.15, 0.2) is 6.07 Å². The third-order valence-corrected chi connectivity index (χ3v) is 2.88. The van der Waals surface area contributed by atoms with Gasteiger partial charge in [-0.1, -0.05) is 27.7 Å². The average molecular weight is 236 g/mol. The molecular weight excluding hydrogens is 212 g/mol. The first-order chi connectivity index (χ1) is 7.93. The van der Waals surface area contributed by atoms with Gasteiger partial charge in [0.05, 0.1) is 6.61 Å². The quantitative estimate of drug-likeness (QED) is 0.855. The first-order valence-corrected chi connectivity index (χ1v) is 6.39. The minimum Gasteiger partial charge on any atom is -0.396 e. The van der Waals surface area contributed by atoms with Crippen molar-refractivity contribution in [3.05, 3.63) is 23.3 Å². The molecule has 3 heteroatoms. The van der Waals surface area contributed by atoms with E-state index in [9.17, 15) is 5.11 Å². The maximum Gasteiger partial charge on any atom is 0.134 e. The van der Waals surface area contributed by atoms with Gasteiger partial charge in [0.25, 0.3) is 0 Å². The molecule has 1 rings (SSSR count). The lowest BCUT2D eigenvalue weighted by Gasteiger charge is -2.18. The third kappa shape index (κ3) is 4.08. The molecule has 0 aliphatic heterocycles. The van der Waals surface area contributed by atoms with Gasteiger partial charge in [0.15, 0.2) is 0 Å². The van der Waals surface area contributed by atoms with Gasteiger partial charge >= 0.3 is 0 Å². The van der Waals surface area contributed by atoms with Gasteiger partial charge < -0.3 is 5.11 Å². The van der Waals surface area contributed by atoms with Crippen LogP contribution in [-0.4, -0.2) is 21.7 Å². The first-order valence-electron chi connectivity index (χ1n) is 6.39. The number of hydrogen-bond acceptors (Lipinski definition) is 3. The Hall–Kier alpha value is -0.960. The highest BCUT2D eigenvalue weighted by Gasteiger charge is 2.18. The van der Waals surface area contributed by atoms with Crippen molar-refractivity contribution >= 4 is 0 Å². The summed E-state index contributed by atoms with van der Waals surface area (Å²) in [7, 11) is 0. The van der Waals surface area contributed by atoms with Gasteiger partial charge in [0, 0.05) is 17.3 Å². The van der Waals surface area contributed by atoms with Crippen LogP contribution in [0.3, 0.4) is 0 Å². The molecule has 3 nitrogen and oxygen atoms in total. The number of aryl methyl sites for hydroxylation is 1. The highest BCUT2D eigenvalue weighted by molar-refractivity contribution is 5.13. The van der Waals surface area contributed by atoms with Crippen molar-refractivity contribution in [2.45, 2.75) is 47.0 Å². The smallest absolute Gasteiger partial charge is 0.134 e. The Morgan fingerprint density at radius 3 is 2.29 bits per heavy atom. The van der Waals surface area contributed by atoms with Gasteiger partial charge in [-0.05, 0) is 31.2 Å². The summed E-state index contributed by atoms with van der Waals surface area (Å²) in [5.41, 5.74) is 2.08. The summed E-state index contributed by atoms with van der Waals surface area (Å²) in [6.45, 7) is 10.7. The van der Waals surface area contributed by atoms with Crippen LogP contribution >= 0.6 is 0 Å². The molecule has 0 saturated carbocycles. The predicted molar refractivity (Wildman–Crippen MR) is 70.0 cm³/mol. The summed E-state index contributed by atoms with van der Waals surface area (Å²) in [4.78, 5) is 9.06. The van der Waals surface area contributed by atoms with Crippen LogP contribution in [-0.2, 0) is 6.42 Å². The van der Waals surface area contributed by atoms with Crippen molar-refractivity contribution in [2.75, 3.05) is 6.61 Å². The number of nitrogens with zero attached hydrogens (tertiary/aromatic N) is 2. The molecule has 1 unspecified atom stereocenters. The highest BCUT2D eigenvalue weighted by Crippen LogP contribution is 2.21. The van der Waals surface area contributed by atoms with E-state index in [-0.39, 0.29) is 12.5 Å². The summed E-state index contributed by atoms with van der Waals surface area (Å²) in [6, 6.07) is 2.04. The Morgan fingerprint density at radius 1 is 1.18 bits per heavy atom. The van der Waals surface area contributed by atoms with Crippen molar-refractivity contribution in [1.82, 2.24) is 9.97 Å². The van der Waals surface area contributed by atoms with E-state index < -0.39 is 0 Å². The van der Waals surface area contributed by atoms with E-state index in [0.29, 0.717) is 11.8 Å². The number of hydrogen-bond donors (Lipinski definition) is 1. The monoisotopic (exact) mass is 236 g/mol. The van der Waals surface area contributed by atoms with E-state index in [1.165, 1.54) is 0 Å². The maximum atomic E-state index is 9.43. The maximum absolute atomic E-state index is 9.43. The third-order valence-electron chi connectivity index (χ3n) is 2.88. The molecule has 1 atom stereocenters. The van der Waals surface area contributed by atoms with Crippen molar-refractivity contribution in [1.29, 1.82) is 0 Å².